The number of phosphoric ester groups is 1. The van der Waals surface area contributed by atoms with Crippen LogP contribution in [-0.2, 0) is 27.9 Å². The molecule has 1 amide bonds. The molecule has 0 aromatic carbocycles. The fourth-order valence-corrected chi connectivity index (χ4v) is 10.2. The summed E-state index contributed by atoms with van der Waals surface area (Å²) >= 11 is 0. The predicted molar refractivity (Wildman–Crippen MR) is 346 cm³/mol. The molecular weight excluding hydrogens is 1010 g/mol. The van der Waals surface area contributed by atoms with Gasteiger partial charge in [0.2, 0.25) is 5.91 Å². The monoisotopic (exact) mass is 1140 g/mol. The quantitative estimate of drug-likeness (QED) is 0.0205. The van der Waals surface area contributed by atoms with Crippen molar-refractivity contribution in [2.75, 3.05) is 40.9 Å². The highest BCUT2D eigenvalue weighted by Gasteiger charge is 2.30. The van der Waals surface area contributed by atoms with Crippen LogP contribution in [0.15, 0.2) is 85.1 Å². The zero-order chi connectivity index (χ0) is 58.6. The summed E-state index contributed by atoms with van der Waals surface area (Å²) in [7, 11) is 1.49. The Labute approximate surface area is 495 Å². The standard InChI is InChI=1S/C70H127N2O7P/c1-7-10-13-16-19-22-25-28-30-31-32-33-34-35-36-37-38-39-40-41-43-45-48-51-54-57-60-63-70(74)79-68(61-58-55-52-49-46-27-24-21-18-15-12-9-3)67(66-78-80(75,76)77-65-64-72(4,5)6)71-69(73)62-59-56-53-50-47-44-42-29-26-23-20-17-14-11-8-2/h10,13,19,22,28,30,32-33,35-36,38-39,58,61,67-68H,7-9,11-12,14-18,20-21,23-27,29,31,34,37,40-57,59-60,62-66H2,1-6H3,(H-,71,73,75,76)/p+1/b13-10-,22-19-,30-28-,33-32-,36-35-,39-38-,61-58-. The van der Waals surface area contributed by atoms with Crippen molar-refractivity contribution >= 4 is 19.7 Å². The summed E-state index contributed by atoms with van der Waals surface area (Å²) in [5, 5.41) is 3.06. The summed E-state index contributed by atoms with van der Waals surface area (Å²) < 4.78 is 30.7. The van der Waals surface area contributed by atoms with E-state index in [0.29, 0.717) is 17.4 Å². The average molecular weight is 1140 g/mol. The topological polar surface area (TPSA) is 111 Å². The molecule has 0 aliphatic heterocycles. The molecule has 0 aromatic heterocycles. The molecule has 0 saturated heterocycles. The van der Waals surface area contributed by atoms with Gasteiger partial charge in [0.25, 0.3) is 0 Å². The molecule has 9 nitrogen and oxygen atoms in total. The third-order valence-corrected chi connectivity index (χ3v) is 15.6. The zero-order valence-corrected chi connectivity index (χ0v) is 54.0. The molecule has 464 valence electrons. The predicted octanol–water partition coefficient (Wildman–Crippen LogP) is 21.0. The fraction of sp³-hybridized carbons (Fsp3) is 0.771. The number of carbonyl (C=O) groups is 2. The number of esters is 1. The third kappa shape index (κ3) is 59.8. The van der Waals surface area contributed by atoms with E-state index in [0.717, 1.165) is 109 Å². The number of carbonyl (C=O) groups excluding carboxylic acids is 2. The van der Waals surface area contributed by atoms with Gasteiger partial charge in [-0.3, -0.25) is 18.6 Å². The van der Waals surface area contributed by atoms with Crippen molar-refractivity contribution in [1.29, 1.82) is 0 Å². The average Bonchev–Trinajstić information content (AvgIpc) is 3.43. The molecule has 10 heteroatoms. The summed E-state index contributed by atoms with van der Waals surface area (Å²) in [4.78, 5) is 37.8. The number of allylic oxidation sites excluding steroid dienone is 13. The number of nitrogens with zero attached hydrogens (tertiary/aromatic N) is 1. The minimum Gasteiger partial charge on any atom is -0.456 e. The van der Waals surface area contributed by atoms with Crippen LogP contribution in [0.2, 0.25) is 0 Å². The Morgan fingerprint density at radius 2 is 0.800 bits per heavy atom. The number of hydrogen-bond donors (Lipinski definition) is 2. The molecule has 0 aromatic rings. The van der Waals surface area contributed by atoms with Crippen LogP contribution in [0.1, 0.15) is 297 Å². The minimum absolute atomic E-state index is 0.0374. The molecule has 2 N–H and O–H groups in total. The van der Waals surface area contributed by atoms with E-state index in [1.807, 2.05) is 33.3 Å². The second-order valence-corrected chi connectivity index (χ2v) is 25.1. The largest absolute Gasteiger partial charge is 0.472 e. The number of amides is 1. The van der Waals surface area contributed by atoms with Crippen molar-refractivity contribution in [1.82, 2.24) is 5.32 Å². The molecule has 0 aliphatic carbocycles. The molecule has 3 atom stereocenters. The van der Waals surface area contributed by atoms with Crippen LogP contribution in [0.5, 0.6) is 0 Å². The number of likely N-dealkylation sites (N-methyl/N-ethyl adjacent to an activating group) is 1. The maximum absolute atomic E-state index is 13.6. The molecule has 0 radical (unpaired) electrons. The molecule has 0 fully saturated rings. The molecule has 0 aliphatic rings. The molecule has 3 unspecified atom stereocenters. The van der Waals surface area contributed by atoms with E-state index in [1.165, 1.54) is 154 Å². The smallest absolute Gasteiger partial charge is 0.456 e. The van der Waals surface area contributed by atoms with Gasteiger partial charge in [-0.1, -0.05) is 286 Å². The van der Waals surface area contributed by atoms with Crippen LogP contribution in [0.4, 0.5) is 0 Å². The highest BCUT2D eigenvalue weighted by Crippen LogP contribution is 2.43. The first kappa shape index (κ1) is 77.2. The molecule has 80 heavy (non-hydrogen) atoms. The van der Waals surface area contributed by atoms with E-state index in [-0.39, 0.29) is 31.5 Å². The maximum atomic E-state index is 13.6. The van der Waals surface area contributed by atoms with E-state index in [4.69, 9.17) is 13.8 Å². The Balaban J connectivity index is 5.11. The van der Waals surface area contributed by atoms with E-state index < -0.39 is 20.0 Å². The van der Waals surface area contributed by atoms with Gasteiger partial charge in [-0.05, 0) is 83.1 Å². The number of unbranched alkanes of at least 4 members (excludes halogenated alkanes) is 32. The Morgan fingerprint density at radius 1 is 0.450 bits per heavy atom. The summed E-state index contributed by atoms with van der Waals surface area (Å²) in [6.45, 7) is 6.91. The Hall–Kier alpha value is -2.81. The zero-order valence-electron chi connectivity index (χ0n) is 53.1. The number of nitrogens with one attached hydrogen (secondary N) is 1. The molecule has 0 rings (SSSR count). The van der Waals surface area contributed by atoms with Crippen LogP contribution < -0.4 is 5.32 Å². The van der Waals surface area contributed by atoms with Gasteiger partial charge in [-0.15, -0.1) is 0 Å². The minimum atomic E-state index is -4.45. The van der Waals surface area contributed by atoms with Crippen LogP contribution in [0, 0.1) is 0 Å². The third-order valence-electron chi connectivity index (χ3n) is 14.6. The van der Waals surface area contributed by atoms with Crippen molar-refractivity contribution in [2.45, 2.75) is 309 Å². The number of hydrogen-bond acceptors (Lipinski definition) is 6. The van der Waals surface area contributed by atoms with E-state index in [1.54, 1.807) is 0 Å². The second-order valence-electron chi connectivity index (χ2n) is 23.6. The van der Waals surface area contributed by atoms with Crippen molar-refractivity contribution in [3.05, 3.63) is 85.1 Å². The van der Waals surface area contributed by atoms with E-state index >= 15 is 0 Å². The second kappa shape index (κ2) is 59.4. The first-order chi connectivity index (χ1) is 38.9. The highest BCUT2D eigenvalue weighted by atomic mass is 31.2. The van der Waals surface area contributed by atoms with Gasteiger partial charge in [0.1, 0.15) is 19.3 Å². The summed E-state index contributed by atoms with van der Waals surface area (Å²) in [6, 6.07) is -0.853. The number of quaternary nitrogens is 1. The van der Waals surface area contributed by atoms with Crippen LogP contribution in [0.25, 0.3) is 0 Å². The van der Waals surface area contributed by atoms with Gasteiger partial charge in [-0.2, -0.15) is 0 Å². The lowest BCUT2D eigenvalue weighted by Gasteiger charge is -2.27. The highest BCUT2D eigenvalue weighted by molar-refractivity contribution is 7.47. The lowest BCUT2D eigenvalue weighted by atomic mass is 10.0. The van der Waals surface area contributed by atoms with Crippen LogP contribution >= 0.6 is 7.82 Å². The number of phosphoric acid groups is 1. The van der Waals surface area contributed by atoms with Crippen molar-refractivity contribution in [2.24, 2.45) is 0 Å². The molecule has 0 heterocycles. The normalized spacial score (nSPS) is 14.1. The molecule has 0 saturated carbocycles. The van der Waals surface area contributed by atoms with Crippen molar-refractivity contribution in [3.63, 3.8) is 0 Å². The summed E-state index contributed by atoms with van der Waals surface area (Å²) in [5.41, 5.74) is 0. The first-order valence-corrected chi connectivity index (χ1v) is 34.9. The van der Waals surface area contributed by atoms with Crippen molar-refractivity contribution < 1.29 is 37.3 Å². The summed E-state index contributed by atoms with van der Waals surface area (Å²) in [5.74, 6) is -0.508. The van der Waals surface area contributed by atoms with Gasteiger partial charge in [0.15, 0.2) is 0 Å². The SMILES string of the molecule is CC/C=C\C/C=C\C/C=C\C/C=C\C/C=C\C/C=C\CCCCCCCCCCC(=O)OC(/C=C\CCCCCCCCCCCC)C(COP(=O)(O)OCC[N+](C)(C)C)NC(=O)CCCCCCCCCCCCCCCCC. The van der Waals surface area contributed by atoms with Crippen LogP contribution in [0.3, 0.4) is 0 Å². The first-order valence-electron chi connectivity index (χ1n) is 33.4. The lowest BCUT2D eigenvalue weighted by Crippen LogP contribution is -2.47. The lowest BCUT2D eigenvalue weighted by molar-refractivity contribution is -0.870. The van der Waals surface area contributed by atoms with Gasteiger partial charge in [0, 0.05) is 12.8 Å². The fourth-order valence-electron chi connectivity index (χ4n) is 9.47. The molecule has 0 bridgehead atoms. The molecule has 0 spiro atoms. The van der Waals surface area contributed by atoms with Gasteiger partial charge in [-0.25, -0.2) is 4.57 Å². The van der Waals surface area contributed by atoms with Gasteiger partial charge < -0.3 is 19.4 Å². The Morgan fingerprint density at radius 3 is 1.20 bits per heavy atom. The van der Waals surface area contributed by atoms with E-state index in [2.05, 4.69) is 99.0 Å². The maximum Gasteiger partial charge on any atom is 0.472 e. The van der Waals surface area contributed by atoms with E-state index in [9.17, 15) is 19.0 Å². The van der Waals surface area contributed by atoms with Crippen molar-refractivity contribution in [3.8, 4) is 0 Å². The number of ether oxygens (including phenoxy) is 1. The summed E-state index contributed by atoms with van der Waals surface area (Å²) in [6.07, 6.45) is 78.7. The van der Waals surface area contributed by atoms with Gasteiger partial charge >= 0.3 is 13.8 Å². The van der Waals surface area contributed by atoms with Gasteiger partial charge in [0.05, 0.1) is 33.8 Å². The number of rotatable bonds is 60. The van der Waals surface area contributed by atoms with Crippen LogP contribution in [-0.4, -0.2) is 74.3 Å². The Bertz CT molecular complexity index is 1640. The Kier molecular flexibility index (Phi) is 57.3. The molecular formula is C70H128N2O7P+.